The van der Waals surface area contributed by atoms with Gasteiger partial charge in [-0.25, -0.2) is 14.6 Å². The molecule has 0 fully saturated rings. The Kier molecular flexibility index (Phi) is 6.24. The van der Waals surface area contributed by atoms with E-state index in [9.17, 15) is 14.4 Å². The maximum Gasteiger partial charge on any atom is 0.407 e. The molecule has 7 heteroatoms. The van der Waals surface area contributed by atoms with Crippen molar-refractivity contribution in [2.75, 3.05) is 13.7 Å². The fourth-order valence-electron chi connectivity index (χ4n) is 1.74. The van der Waals surface area contributed by atoms with Crippen molar-refractivity contribution >= 4 is 17.8 Å². The number of hydrogen-bond acceptors (Lipinski definition) is 6. The molecule has 1 aromatic rings. The van der Waals surface area contributed by atoms with Crippen LogP contribution in [0.1, 0.15) is 54.2 Å². The van der Waals surface area contributed by atoms with Gasteiger partial charge in [0.05, 0.1) is 7.11 Å². The third-order valence-electron chi connectivity index (χ3n) is 2.72. The lowest BCUT2D eigenvalue weighted by molar-refractivity contribution is 0.0526. The van der Waals surface area contributed by atoms with Gasteiger partial charge in [0.15, 0.2) is 5.78 Å². The molecule has 0 saturated carbocycles. The zero-order valence-corrected chi connectivity index (χ0v) is 14.1. The lowest BCUT2D eigenvalue weighted by atomic mass is 10.1. The predicted molar refractivity (Wildman–Crippen MR) is 83.5 cm³/mol. The molecule has 0 atom stereocenters. The van der Waals surface area contributed by atoms with Crippen LogP contribution >= 0.6 is 0 Å². The van der Waals surface area contributed by atoms with Crippen LogP contribution in [-0.4, -0.2) is 42.1 Å². The van der Waals surface area contributed by atoms with Gasteiger partial charge in [0.25, 0.3) is 0 Å². The van der Waals surface area contributed by atoms with E-state index in [-0.39, 0.29) is 17.2 Å². The molecule has 0 saturated heterocycles. The average molecular weight is 322 g/mol. The number of nitrogens with one attached hydrogen (secondary N) is 1. The van der Waals surface area contributed by atoms with Gasteiger partial charge in [0.1, 0.15) is 17.0 Å². The minimum absolute atomic E-state index is 0.0625. The standard InChI is InChI=1S/C16H22N2O5/c1-10(19)12-8-11(9-13(18-12)14(20)22-5)6-7-17-15(21)23-16(2,3)4/h8-9H,6-7H2,1-5H3,(H,17,21). The van der Waals surface area contributed by atoms with Gasteiger partial charge in [-0.3, -0.25) is 4.79 Å². The number of aromatic nitrogens is 1. The number of esters is 1. The molecule has 1 rings (SSSR count). The van der Waals surface area contributed by atoms with Crippen molar-refractivity contribution in [3.63, 3.8) is 0 Å². The summed E-state index contributed by atoms with van der Waals surface area (Å²) in [5.74, 6) is -0.869. The Bertz CT molecular complexity index is 605. The Morgan fingerprint density at radius 1 is 1.17 bits per heavy atom. The zero-order chi connectivity index (χ0) is 17.6. The van der Waals surface area contributed by atoms with E-state index in [1.807, 2.05) is 0 Å². The molecule has 0 aliphatic carbocycles. The second-order valence-corrected chi connectivity index (χ2v) is 5.97. The Hall–Kier alpha value is -2.44. The lowest BCUT2D eigenvalue weighted by Crippen LogP contribution is -2.33. The van der Waals surface area contributed by atoms with Crippen LogP contribution in [0.3, 0.4) is 0 Å². The summed E-state index contributed by atoms with van der Waals surface area (Å²) in [6.45, 7) is 6.99. The van der Waals surface area contributed by atoms with Gasteiger partial charge >= 0.3 is 12.1 Å². The molecule has 126 valence electrons. The van der Waals surface area contributed by atoms with E-state index in [1.54, 1.807) is 26.8 Å². The fourth-order valence-corrected chi connectivity index (χ4v) is 1.74. The molecule has 23 heavy (non-hydrogen) atoms. The van der Waals surface area contributed by atoms with E-state index in [2.05, 4.69) is 15.0 Å². The number of pyridine rings is 1. The molecule has 0 aromatic carbocycles. The second-order valence-electron chi connectivity index (χ2n) is 5.97. The van der Waals surface area contributed by atoms with Crippen molar-refractivity contribution in [3.8, 4) is 0 Å². The van der Waals surface area contributed by atoms with Crippen LogP contribution in [0.25, 0.3) is 0 Å². The summed E-state index contributed by atoms with van der Waals surface area (Å²) in [4.78, 5) is 38.6. The van der Waals surface area contributed by atoms with Crippen LogP contribution in [0, 0.1) is 0 Å². The Morgan fingerprint density at radius 3 is 2.30 bits per heavy atom. The van der Waals surface area contributed by atoms with E-state index in [0.29, 0.717) is 18.5 Å². The van der Waals surface area contributed by atoms with Crippen molar-refractivity contribution in [3.05, 3.63) is 29.1 Å². The molecule has 1 N–H and O–H groups in total. The molecule has 0 aliphatic heterocycles. The number of carbonyl (C=O) groups is 3. The largest absolute Gasteiger partial charge is 0.464 e. The molecule has 0 bridgehead atoms. The second kappa shape index (κ2) is 7.71. The van der Waals surface area contributed by atoms with Crippen LogP contribution in [0.5, 0.6) is 0 Å². The van der Waals surface area contributed by atoms with Gasteiger partial charge < -0.3 is 14.8 Å². The Balaban J connectivity index is 2.76. The first-order valence-corrected chi connectivity index (χ1v) is 7.19. The summed E-state index contributed by atoms with van der Waals surface area (Å²) in [5, 5.41) is 2.62. The van der Waals surface area contributed by atoms with Gasteiger partial charge in [-0.1, -0.05) is 0 Å². The maximum atomic E-state index is 11.6. The number of ketones is 1. The van der Waals surface area contributed by atoms with Crippen LogP contribution < -0.4 is 5.32 Å². The van der Waals surface area contributed by atoms with Crippen molar-refractivity contribution in [1.82, 2.24) is 10.3 Å². The normalized spacial score (nSPS) is 10.8. The molecule has 1 aromatic heterocycles. The average Bonchev–Trinajstić information content (AvgIpc) is 2.44. The highest BCUT2D eigenvalue weighted by Gasteiger charge is 2.16. The molecular formula is C16H22N2O5. The third-order valence-corrected chi connectivity index (χ3v) is 2.72. The molecule has 1 amide bonds. The van der Waals surface area contributed by atoms with Crippen molar-refractivity contribution < 1.29 is 23.9 Å². The topological polar surface area (TPSA) is 94.6 Å². The smallest absolute Gasteiger partial charge is 0.407 e. The monoisotopic (exact) mass is 322 g/mol. The number of rotatable bonds is 5. The summed E-state index contributed by atoms with van der Waals surface area (Å²) in [7, 11) is 1.24. The molecule has 1 heterocycles. The minimum atomic E-state index is -0.616. The van der Waals surface area contributed by atoms with E-state index in [4.69, 9.17) is 4.74 Å². The Morgan fingerprint density at radius 2 is 1.78 bits per heavy atom. The highest BCUT2D eigenvalue weighted by molar-refractivity contribution is 5.94. The van der Waals surface area contributed by atoms with Crippen molar-refractivity contribution in [2.45, 2.75) is 39.7 Å². The first-order valence-electron chi connectivity index (χ1n) is 7.19. The minimum Gasteiger partial charge on any atom is -0.464 e. The van der Waals surface area contributed by atoms with Gasteiger partial charge in [-0.2, -0.15) is 0 Å². The highest BCUT2D eigenvalue weighted by Crippen LogP contribution is 2.10. The number of alkyl carbamates (subject to hydrolysis) is 1. The number of methoxy groups -OCH3 is 1. The summed E-state index contributed by atoms with van der Waals surface area (Å²) in [6, 6.07) is 3.13. The van der Waals surface area contributed by atoms with E-state index in [0.717, 1.165) is 0 Å². The number of hydrogen-bond donors (Lipinski definition) is 1. The molecule has 7 nitrogen and oxygen atoms in total. The summed E-state index contributed by atoms with van der Waals surface area (Å²) in [5.41, 5.74) is 0.370. The van der Waals surface area contributed by atoms with Crippen molar-refractivity contribution in [2.24, 2.45) is 0 Å². The van der Waals surface area contributed by atoms with E-state index < -0.39 is 17.7 Å². The Labute approximate surface area is 135 Å². The molecule has 0 spiro atoms. The number of Topliss-reactive ketones (excluding diaryl/α,β-unsaturated/α-hetero) is 1. The lowest BCUT2D eigenvalue weighted by Gasteiger charge is -2.19. The number of ether oxygens (including phenoxy) is 2. The quantitative estimate of drug-likeness (QED) is 0.659. The third kappa shape index (κ3) is 6.46. The summed E-state index contributed by atoms with van der Waals surface area (Å²) >= 11 is 0. The van der Waals surface area contributed by atoms with Gasteiger partial charge in [-0.05, 0) is 44.9 Å². The number of nitrogens with zero attached hydrogens (tertiary/aromatic N) is 1. The van der Waals surface area contributed by atoms with Crippen LogP contribution in [0.4, 0.5) is 4.79 Å². The predicted octanol–water partition coefficient (Wildman–Crippen LogP) is 2.14. The zero-order valence-electron chi connectivity index (χ0n) is 14.1. The van der Waals surface area contributed by atoms with Crippen LogP contribution in [-0.2, 0) is 15.9 Å². The number of carbonyl (C=O) groups excluding carboxylic acids is 3. The SMILES string of the molecule is COC(=O)c1cc(CCNC(=O)OC(C)(C)C)cc(C(C)=O)n1. The first-order chi connectivity index (χ1) is 10.6. The van der Waals surface area contributed by atoms with Gasteiger partial charge in [0, 0.05) is 13.5 Å². The van der Waals surface area contributed by atoms with Crippen LogP contribution in [0.15, 0.2) is 12.1 Å². The summed E-state index contributed by atoms with van der Waals surface area (Å²) in [6.07, 6.45) is -0.0991. The van der Waals surface area contributed by atoms with E-state index >= 15 is 0 Å². The van der Waals surface area contributed by atoms with Gasteiger partial charge in [-0.15, -0.1) is 0 Å². The van der Waals surface area contributed by atoms with Crippen molar-refractivity contribution in [1.29, 1.82) is 0 Å². The molecule has 0 aliphatic rings. The molecule has 0 radical (unpaired) electrons. The summed E-state index contributed by atoms with van der Waals surface area (Å²) < 4.78 is 9.75. The van der Waals surface area contributed by atoms with Crippen LogP contribution in [0.2, 0.25) is 0 Å². The molecule has 0 unspecified atom stereocenters. The number of amides is 1. The highest BCUT2D eigenvalue weighted by atomic mass is 16.6. The fraction of sp³-hybridized carbons (Fsp3) is 0.500. The first kappa shape index (κ1) is 18.6. The maximum absolute atomic E-state index is 11.6. The molecular weight excluding hydrogens is 300 g/mol. The van der Waals surface area contributed by atoms with E-state index in [1.165, 1.54) is 20.1 Å². The van der Waals surface area contributed by atoms with Gasteiger partial charge in [0.2, 0.25) is 0 Å².